The molecule has 2 nitrogen and oxygen atoms in total. The maximum Gasteiger partial charge on any atom is 0.0506 e. The second-order valence-electron chi connectivity index (χ2n) is 5.86. The molecule has 0 saturated carbocycles. The molecule has 1 heterocycles. The lowest BCUT2D eigenvalue weighted by atomic mass is 10.0. The van der Waals surface area contributed by atoms with E-state index in [0.717, 1.165) is 19.1 Å². The number of nitrogens with zero attached hydrogens (tertiary/aromatic N) is 1. The van der Waals surface area contributed by atoms with E-state index < -0.39 is 0 Å². The van der Waals surface area contributed by atoms with Crippen LogP contribution >= 0.6 is 11.8 Å². The summed E-state index contributed by atoms with van der Waals surface area (Å²) in [5.41, 5.74) is 1.34. The fraction of sp³-hybridized carbons (Fsp3) is 0.647. The third-order valence-electron chi connectivity index (χ3n) is 3.80. The average Bonchev–Trinajstić information content (AvgIpc) is 2.46. The Morgan fingerprint density at radius 2 is 2.10 bits per heavy atom. The first-order valence-corrected chi connectivity index (χ1v) is 8.68. The molecule has 1 aromatic rings. The summed E-state index contributed by atoms with van der Waals surface area (Å²) in [7, 11) is 2.24. The van der Waals surface area contributed by atoms with E-state index in [1.54, 1.807) is 0 Å². The van der Waals surface area contributed by atoms with Crippen molar-refractivity contribution in [1.29, 1.82) is 0 Å². The molecule has 0 N–H and O–H groups in total. The van der Waals surface area contributed by atoms with Gasteiger partial charge in [-0.3, -0.25) is 0 Å². The van der Waals surface area contributed by atoms with Crippen molar-refractivity contribution in [3.8, 4) is 0 Å². The lowest BCUT2D eigenvalue weighted by Crippen LogP contribution is -2.31. The van der Waals surface area contributed by atoms with Gasteiger partial charge in [-0.15, -0.1) is 11.8 Å². The first-order valence-electron chi connectivity index (χ1n) is 7.70. The molecular formula is C17H27NOS. The van der Waals surface area contributed by atoms with Gasteiger partial charge in [0.25, 0.3) is 0 Å². The van der Waals surface area contributed by atoms with Gasteiger partial charge in [0.1, 0.15) is 0 Å². The van der Waals surface area contributed by atoms with Crippen LogP contribution in [0.3, 0.4) is 0 Å². The smallest absolute Gasteiger partial charge is 0.0506 e. The predicted molar refractivity (Wildman–Crippen MR) is 87.6 cm³/mol. The molecule has 1 fully saturated rings. The highest BCUT2D eigenvalue weighted by Crippen LogP contribution is 2.19. The molecule has 1 aliphatic rings. The normalized spacial score (nSPS) is 19.4. The first-order chi connectivity index (χ1) is 9.74. The molecule has 1 saturated heterocycles. The van der Waals surface area contributed by atoms with E-state index in [2.05, 4.69) is 43.1 Å². The monoisotopic (exact) mass is 293 g/mol. The SMILES string of the molecule is Cc1ccc(SCCCN(C)C[C@H]2CCCOC2)cc1. The standard InChI is InChI=1S/C17H27NOS/c1-15-6-8-17(9-7-15)20-12-4-10-18(2)13-16-5-3-11-19-14-16/h6-9,16H,3-5,10-14H2,1-2H3/t16-/m1/s1. The van der Waals surface area contributed by atoms with Crippen LogP contribution in [0, 0.1) is 12.8 Å². The molecule has 0 aromatic heterocycles. The van der Waals surface area contributed by atoms with Crippen molar-refractivity contribution >= 4 is 11.8 Å². The van der Waals surface area contributed by atoms with Crippen LogP contribution in [-0.4, -0.2) is 44.0 Å². The Balaban J connectivity index is 1.56. The zero-order chi connectivity index (χ0) is 14.2. The van der Waals surface area contributed by atoms with Crippen molar-refractivity contribution in [3.63, 3.8) is 0 Å². The van der Waals surface area contributed by atoms with Crippen molar-refractivity contribution in [2.45, 2.75) is 31.1 Å². The number of aryl methyl sites for hydroxylation is 1. The molecule has 0 aliphatic carbocycles. The molecule has 2 rings (SSSR count). The van der Waals surface area contributed by atoms with Crippen molar-refractivity contribution in [2.24, 2.45) is 5.92 Å². The van der Waals surface area contributed by atoms with E-state index in [1.165, 1.54) is 48.6 Å². The van der Waals surface area contributed by atoms with Crippen LogP contribution < -0.4 is 0 Å². The maximum atomic E-state index is 5.55. The van der Waals surface area contributed by atoms with E-state index in [9.17, 15) is 0 Å². The molecule has 1 aliphatic heterocycles. The molecule has 20 heavy (non-hydrogen) atoms. The van der Waals surface area contributed by atoms with Gasteiger partial charge in [-0.1, -0.05) is 17.7 Å². The molecule has 0 radical (unpaired) electrons. The number of ether oxygens (including phenoxy) is 1. The summed E-state index contributed by atoms with van der Waals surface area (Å²) in [5.74, 6) is 1.95. The predicted octanol–water partition coefficient (Wildman–Crippen LogP) is 3.84. The average molecular weight is 293 g/mol. The van der Waals surface area contributed by atoms with Gasteiger partial charge in [0.15, 0.2) is 0 Å². The van der Waals surface area contributed by atoms with Crippen LogP contribution in [-0.2, 0) is 4.74 Å². The molecule has 1 aromatic carbocycles. The number of rotatable bonds is 7. The Labute approximate surface area is 127 Å². The van der Waals surface area contributed by atoms with Crippen LogP contribution in [0.15, 0.2) is 29.2 Å². The minimum atomic E-state index is 0.749. The summed E-state index contributed by atoms with van der Waals surface area (Å²) in [6.07, 6.45) is 3.83. The topological polar surface area (TPSA) is 12.5 Å². The van der Waals surface area contributed by atoms with E-state index in [1.807, 2.05) is 11.8 Å². The molecular weight excluding hydrogens is 266 g/mol. The summed E-state index contributed by atoms with van der Waals surface area (Å²) in [6, 6.07) is 8.83. The first kappa shape index (κ1) is 15.9. The van der Waals surface area contributed by atoms with Crippen LogP contribution in [0.2, 0.25) is 0 Å². The highest BCUT2D eigenvalue weighted by molar-refractivity contribution is 7.99. The van der Waals surface area contributed by atoms with Gasteiger partial charge in [0, 0.05) is 18.0 Å². The molecule has 112 valence electrons. The Morgan fingerprint density at radius 3 is 2.80 bits per heavy atom. The zero-order valence-corrected chi connectivity index (χ0v) is 13.6. The summed E-state index contributed by atoms with van der Waals surface area (Å²) in [5, 5.41) is 0. The van der Waals surface area contributed by atoms with Crippen molar-refractivity contribution < 1.29 is 4.74 Å². The van der Waals surface area contributed by atoms with E-state index in [4.69, 9.17) is 4.74 Å². The third-order valence-corrected chi connectivity index (χ3v) is 4.90. The van der Waals surface area contributed by atoms with Gasteiger partial charge in [-0.05, 0) is 63.6 Å². The fourth-order valence-corrected chi connectivity index (χ4v) is 3.48. The van der Waals surface area contributed by atoms with Gasteiger partial charge >= 0.3 is 0 Å². The van der Waals surface area contributed by atoms with Gasteiger partial charge in [-0.2, -0.15) is 0 Å². The molecule has 0 amide bonds. The van der Waals surface area contributed by atoms with Crippen LogP contribution in [0.5, 0.6) is 0 Å². The molecule has 3 heteroatoms. The molecule has 0 spiro atoms. The fourth-order valence-electron chi connectivity index (χ4n) is 2.64. The van der Waals surface area contributed by atoms with Crippen molar-refractivity contribution in [1.82, 2.24) is 4.90 Å². The minimum Gasteiger partial charge on any atom is -0.381 e. The Morgan fingerprint density at radius 1 is 1.30 bits per heavy atom. The summed E-state index contributed by atoms with van der Waals surface area (Å²) in [4.78, 5) is 3.86. The molecule has 0 bridgehead atoms. The van der Waals surface area contributed by atoms with E-state index in [0.29, 0.717) is 0 Å². The van der Waals surface area contributed by atoms with Gasteiger partial charge in [0.2, 0.25) is 0 Å². The number of hydrogen-bond donors (Lipinski definition) is 0. The van der Waals surface area contributed by atoms with E-state index >= 15 is 0 Å². The van der Waals surface area contributed by atoms with Gasteiger partial charge in [-0.25, -0.2) is 0 Å². The number of hydrogen-bond acceptors (Lipinski definition) is 3. The minimum absolute atomic E-state index is 0.749. The Kier molecular flexibility index (Phi) is 6.91. The largest absolute Gasteiger partial charge is 0.381 e. The summed E-state index contributed by atoms with van der Waals surface area (Å²) < 4.78 is 5.55. The van der Waals surface area contributed by atoms with Crippen molar-refractivity contribution in [2.75, 3.05) is 39.1 Å². The van der Waals surface area contributed by atoms with Gasteiger partial charge in [0.05, 0.1) is 6.61 Å². The summed E-state index contributed by atoms with van der Waals surface area (Å²) in [6.45, 7) is 6.44. The third kappa shape index (κ3) is 5.86. The Bertz CT molecular complexity index is 373. The number of benzene rings is 1. The molecule has 0 unspecified atom stereocenters. The lowest BCUT2D eigenvalue weighted by Gasteiger charge is -2.27. The van der Waals surface area contributed by atoms with Crippen LogP contribution in [0.1, 0.15) is 24.8 Å². The second kappa shape index (κ2) is 8.71. The maximum absolute atomic E-state index is 5.55. The second-order valence-corrected chi connectivity index (χ2v) is 7.03. The number of thioether (sulfide) groups is 1. The van der Waals surface area contributed by atoms with Gasteiger partial charge < -0.3 is 9.64 Å². The summed E-state index contributed by atoms with van der Waals surface area (Å²) >= 11 is 1.97. The highest BCUT2D eigenvalue weighted by atomic mass is 32.2. The molecule has 1 atom stereocenters. The van der Waals surface area contributed by atoms with Crippen LogP contribution in [0.4, 0.5) is 0 Å². The van der Waals surface area contributed by atoms with E-state index in [-0.39, 0.29) is 0 Å². The Hall–Kier alpha value is -0.510. The quantitative estimate of drug-likeness (QED) is 0.560. The lowest BCUT2D eigenvalue weighted by molar-refractivity contribution is 0.0421. The van der Waals surface area contributed by atoms with Crippen LogP contribution in [0.25, 0.3) is 0 Å². The highest BCUT2D eigenvalue weighted by Gasteiger charge is 2.15. The van der Waals surface area contributed by atoms with Crippen molar-refractivity contribution in [3.05, 3.63) is 29.8 Å². The zero-order valence-electron chi connectivity index (χ0n) is 12.8.